The molecule has 1 aliphatic carbocycles. The van der Waals surface area contributed by atoms with E-state index in [1.54, 1.807) is 6.26 Å². The number of benzene rings is 1. The number of carbonyl (C=O) groups is 1. The Morgan fingerprint density at radius 2 is 1.87 bits per heavy atom. The maximum absolute atomic E-state index is 10.7. The van der Waals surface area contributed by atoms with Crippen molar-refractivity contribution >= 4 is 16.9 Å². The van der Waals surface area contributed by atoms with E-state index in [1.165, 1.54) is 44.9 Å². The maximum Gasteiger partial charge on any atom is 0.221 e. The Balaban J connectivity index is 0.000000140. The highest BCUT2D eigenvalue weighted by atomic mass is 16.5. The van der Waals surface area contributed by atoms with E-state index < -0.39 is 0 Å². The van der Waals surface area contributed by atoms with Crippen molar-refractivity contribution in [2.24, 2.45) is 5.73 Å². The van der Waals surface area contributed by atoms with E-state index in [0.717, 1.165) is 23.1 Å². The van der Waals surface area contributed by atoms with E-state index in [-0.39, 0.29) is 12.3 Å². The SMILES string of the molecule is C1CCC2(CC1)CCCO2.NC(=O)Cc1cccc2occc12. The first-order valence-electron chi connectivity index (χ1n) is 8.56. The lowest BCUT2D eigenvalue weighted by Gasteiger charge is -2.32. The maximum atomic E-state index is 10.7. The Hall–Kier alpha value is -1.81. The van der Waals surface area contributed by atoms with E-state index in [0.29, 0.717) is 5.60 Å². The predicted molar refractivity (Wildman–Crippen MR) is 90.1 cm³/mol. The average Bonchev–Trinajstić information content (AvgIpc) is 3.18. The molecule has 2 aliphatic rings. The normalized spacial score (nSPS) is 19.5. The molecule has 4 rings (SSSR count). The standard InChI is InChI=1S/C10H9NO2.C9H16O/c11-10(12)6-7-2-1-3-9-8(7)4-5-13-9;1-2-5-9(6-3-1)7-4-8-10-9/h1-5H,6H2,(H2,11,12);1-8H2. The molecular weight excluding hydrogens is 290 g/mol. The summed E-state index contributed by atoms with van der Waals surface area (Å²) >= 11 is 0. The number of carbonyl (C=O) groups excluding carboxylic acids is 1. The van der Waals surface area contributed by atoms with Crippen LogP contribution < -0.4 is 5.73 Å². The van der Waals surface area contributed by atoms with Gasteiger partial charge in [0.1, 0.15) is 5.58 Å². The summed E-state index contributed by atoms with van der Waals surface area (Å²) in [6, 6.07) is 7.43. The van der Waals surface area contributed by atoms with E-state index in [9.17, 15) is 4.79 Å². The molecule has 2 fully saturated rings. The molecule has 1 aliphatic heterocycles. The summed E-state index contributed by atoms with van der Waals surface area (Å²) in [6.07, 6.45) is 11.4. The van der Waals surface area contributed by atoms with E-state index in [4.69, 9.17) is 14.9 Å². The number of rotatable bonds is 2. The van der Waals surface area contributed by atoms with Crippen molar-refractivity contribution < 1.29 is 13.9 Å². The van der Waals surface area contributed by atoms with Crippen molar-refractivity contribution in [2.75, 3.05) is 6.61 Å². The molecule has 1 amide bonds. The van der Waals surface area contributed by atoms with Gasteiger partial charge in [0, 0.05) is 12.0 Å². The second-order valence-corrected chi connectivity index (χ2v) is 6.59. The molecule has 124 valence electrons. The van der Waals surface area contributed by atoms with Gasteiger partial charge in [-0.25, -0.2) is 0 Å². The van der Waals surface area contributed by atoms with Crippen molar-refractivity contribution in [1.29, 1.82) is 0 Å². The second-order valence-electron chi connectivity index (χ2n) is 6.59. The van der Waals surface area contributed by atoms with Gasteiger partial charge < -0.3 is 14.9 Å². The Morgan fingerprint density at radius 1 is 1.09 bits per heavy atom. The smallest absolute Gasteiger partial charge is 0.221 e. The first-order chi connectivity index (χ1) is 11.2. The van der Waals surface area contributed by atoms with Crippen LogP contribution in [0.3, 0.4) is 0 Å². The first kappa shape index (κ1) is 16.1. The number of nitrogens with two attached hydrogens (primary N) is 1. The second kappa shape index (κ2) is 7.18. The lowest BCUT2D eigenvalue weighted by atomic mass is 9.83. The number of amides is 1. The Labute approximate surface area is 137 Å². The fourth-order valence-corrected chi connectivity index (χ4v) is 3.74. The monoisotopic (exact) mass is 315 g/mol. The summed E-state index contributed by atoms with van der Waals surface area (Å²) in [5, 5.41) is 0.960. The highest BCUT2D eigenvalue weighted by Crippen LogP contribution is 2.38. The summed E-state index contributed by atoms with van der Waals surface area (Å²) in [7, 11) is 0. The summed E-state index contributed by atoms with van der Waals surface area (Å²) in [5.41, 5.74) is 7.19. The molecule has 23 heavy (non-hydrogen) atoms. The van der Waals surface area contributed by atoms with Gasteiger partial charge in [0.25, 0.3) is 0 Å². The van der Waals surface area contributed by atoms with Gasteiger partial charge in [0.15, 0.2) is 0 Å². The Morgan fingerprint density at radius 3 is 2.57 bits per heavy atom. The number of furan rings is 1. The quantitative estimate of drug-likeness (QED) is 0.912. The lowest BCUT2D eigenvalue weighted by Crippen LogP contribution is -2.29. The third-order valence-electron chi connectivity index (χ3n) is 4.90. The van der Waals surface area contributed by atoms with Crippen molar-refractivity contribution in [3.05, 3.63) is 36.1 Å². The van der Waals surface area contributed by atoms with Gasteiger partial charge in [0.2, 0.25) is 5.91 Å². The largest absolute Gasteiger partial charge is 0.464 e. The average molecular weight is 315 g/mol. The van der Waals surface area contributed by atoms with Crippen molar-refractivity contribution in [1.82, 2.24) is 0 Å². The zero-order valence-electron chi connectivity index (χ0n) is 13.6. The molecule has 2 aromatic rings. The Bertz CT molecular complexity index is 647. The molecule has 2 heterocycles. The van der Waals surface area contributed by atoms with Crippen molar-refractivity contribution in [3.8, 4) is 0 Å². The van der Waals surface area contributed by atoms with Crippen LogP contribution in [0.2, 0.25) is 0 Å². The topological polar surface area (TPSA) is 65.5 Å². The summed E-state index contributed by atoms with van der Waals surface area (Å²) in [4.78, 5) is 10.7. The van der Waals surface area contributed by atoms with Gasteiger partial charge in [-0.05, 0) is 43.4 Å². The van der Waals surface area contributed by atoms with Crippen LogP contribution in [0, 0.1) is 0 Å². The van der Waals surface area contributed by atoms with Gasteiger partial charge >= 0.3 is 0 Å². The van der Waals surface area contributed by atoms with Crippen molar-refractivity contribution in [3.63, 3.8) is 0 Å². The molecule has 1 aromatic heterocycles. The molecule has 1 aromatic carbocycles. The van der Waals surface area contributed by atoms with Crippen LogP contribution in [-0.4, -0.2) is 18.1 Å². The van der Waals surface area contributed by atoms with Crippen LogP contribution in [0.5, 0.6) is 0 Å². The highest BCUT2D eigenvalue weighted by molar-refractivity contribution is 5.86. The van der Waals surface area contributed by atoms with E-state index in [2.05, 4.69) is 0 Å². The first-order valence-corrected chi connectivity index (χ1v) is 8.56. The minimum atomic E-state index is -0.325. The molecular formula is C19H25NO3. The third-order valence-corrected chi connectivity index (χ3v) is 4.90. The summed E-state index contributed by atoms with van der Waals surface area (Å²) < 4.78 is 11.0. The zero-order valence-corrected chi connectivity index (χ0v) is 13.6. The van der Waals surface area contributed by atoms with Crippen molar-refractivity contribution in [2.45, 2.75) is 57.0 Å². The minimum Gasteiger partial charge on any atom is -0.464 e. The zero-order chi connectivity index (χ0) is 16.1. The molecule has 0 bridgehead atoms. The molecule has 0 unspecified atom stereocenters. The fraction of sp³-hybridized carbons (Fsp3) is 0.526. The molecule has 2 N–H and O–H groups in total. The molecule has 1 spiro atoms. The van der Waals surface area contributed by atoms with Gasteiger partial charge in [-0.15, -0.1) is 0 Å². The molecule has 4 nitrogen and oxygen atoms in total. The van der Waals surface area contributed by atoms with Crippen LogP contribution >= 0.6 is 0 Å². The van der Waals surface area contributed by atoms with Crippen LogP contribution in [-0.2, 0) is 16.0 Å². The third kappa shape index (κ3) is 3.94. The number of hydrogen-bond acceptors (Lipinski definition) is 3. The van der Waals surface area contributed by atoms with Crippen LogP contribution in [0.4, 0.5) is 0 Å². The van der Waals surface area contributed by atoms with Crippen LogP contribution in [0.25, 0.3) is 11.0 Å². The van der Waals surface area contributed by atoms with E-state index in [1.807, 2.05) is 24.3 Å². The molecule has 0 atom stereocenters. The summed E-state index contributed by atoms with van der Waals surface area (Å²) in [6.45, 7) is 1.03. The van der Waals surface area contributed by atoms with Crippen LogP contribution in [0.1, 0.15) is 50.5 Å². The lowest BCUT2D eigenvalue weighted by molar-refractivity contribution is -0.117. The van der Waals surface area contributed by atoms with Gasteiger partial charge in [0.05, 0.1) is 18.3 Å². The minimum absolute atomic E-state index is 0.261. The van der Waals surface area contributed by atoms with Gasteiger partial charge in [-0.3, -0.25) is 4.79 Å². The van der Waals surface area contributed by atoms with Gasteiger partial charge in [-0.2, -0.15) is 0 Å². The molecule has 4 heteroatoms. The number of fused-ring (bicyclic) bond motifs is 1. The van der Waals surface area contributed by atoms with Gasteiger partial charge in [-0.1, -0.05) is 31.4 Å². The number of ether oxygens (including phenoxy) is 1. The molecule has 1 saturated carbocycles. The fourth-order valence-electron chi connectivity index (χ4n) is 3.74. The molecule has 1 saturated heterocycles. The highest BCUT2D eigenvalue weighted by Gasteiger charge is 2.35. The van der Waals surface area contributed by atoms with E-state index >= 15 is 0 Å². The van der Waals surface area contributed by atoms with Crippen LogP contribution in [0.15, 0.2) is 34.9 Å². The number of hydrogen-bond donors (Lipinski definition) is 1. The Kier molecular flexibility index (Phi) is 5.01. The predicted octanol–water partition coefficient (Wildman–Crippen LogP) is 3.96. The molecule has 0 radical (unpaired) electrons. The summed E-state index contributed by atoms with van der Waals surface area (Å²) in [5.74, 6) is -0.325. The number of primary amides is 1.